The minimum Gasteiger partial charge on any atom is -0.398 e. The van der Waals surface area contributed by atoms with E-state index < -0.39 is 0 Å². The fraction of sp³-hybridized carbons (Fsp3) is 0.273. The van der Waals surface area contributed by atoms with Gasteiger partial charge in [0.2, 0.25) is 0 Å². The first-order chi connectivity index (χ1) is 6.77. The van der Waals surface area contributed by atoms with Crippen molar-refractivity contribution >= 4 is 5.69 Å². The predicted octanol–water partition coefficient (Wildman–Crippen LogP) is 0.461. The number of anilines is 1. The van der Waals surface area contributed by atoms with E-state index in [0.29, 0.717) is 24.2 Å². The lowest BCUT2D eigenvalue weighted by Gasteiger charge is -2.01. The summed E-state index contributed by atoms with van der Waals surface area (Å²) in [4.78, 5) is 0. The Bertz CT molecular complexity index is 363. The second-order valence-electron chi connectivity index (χ2n) is 2.91. The minimum absolute atomic E-state index is 0.0573. The number of rotatable bonds is 2. The molecule has 3 heteroatoms. The molecule has 0 unspecified atom stereocenters. The van der Waals surface area contributed by atoms with E-state index >= 15 is 0 Å². The van der Waals surface area contributed by atoms with Crippen LogP contribution in [0.3, 0.4) is 0 Å². The Morgan fingerprint density at radius 2 is 2.14 bits per heavy atom. The SMILES string of the molecule is NCCC#Cc1ccc(N)c(CO)c1. The summed E-state index contributed by atoms with van der Waals surface area (Å²) in [5.74, 6) is 5.88. The molecular weight excluding hydrogens is 176 g/mol. The fourth-order valence-electron chi connectivity index (χ4n) is 1.06. The molecule has 74 valence electrons. The van der Waals surface area contributed by atoms with Gasteiger partial charge in [-0.2, -0.15) is 0 Å². The van der Waals surface area contributed by atoms with Gasteiger partial charge in [0.25, 0.3) is 0 Å². The Hall–Kier alpha value is -1.50. The normalized spacial score (nSPS) is 9.29. The second-order valence-corrected chi connectivity index (χ2v) is 2.91. The van der Waals surface area contributed by atoms with Crippen molar-refractivity contribution in [1.82, 2.24) is 0 Å². The van der Waals surface area contributed by atoms with Crippen LogP contribution in [-0.4, -0.2) is 11.7 Å². The fourth-order valence-corrected chi connectivity index (χ4v) is 1.06. The summed E-state index contributed by atoms with van der Waals surface area (Å²) in [5.41, 5.74) is 13.1. The number of nitrogen functional groups attached to an aromatic ring is 1. The van der Waals surface area contributed by atoms with Gasteiger partial charge in [-0.25, -0.2) is 0 Å². The summed E-state index contributed by atoms with van der Waals surface area (Å²) < 4.78 is 0. The lowest BCUT2D eigenvalue weighted by molar-refractivity contribution is 0.282. The number of hydrogen-bond acceptors (Lipinski definition) is 3. The third-order valence-electron chi connectivity index (χ3n) is 1.82. The van der Waals surface area contributed by atoms with E-state index in [1.54, 1.807) is 12.1 Å². The molecule has 0 aliphatic rings. The Morgan fingerprint density at radius 1 is 1.36 bits per heavy atom. The van der Waals surface area contributed by atoms with Gasteiger partial charge in [0.05, 0.1) is 6.61 Å². The summed E-state index contributed by atoms with van der Waals surface area (Å²) in [5, 5.41) is 8.97. The van der Waals surface area contributed by atoms with Crippen molar-refractivity contribution in [2.75, 3.05) is 12.3 Å². The van der Waals surface area contributed by atoms with Gasteiger partial charge in [-0.3, -0.25) is 0 Å². The molecule has 1 aromatic carbocycles. The molecule has 3 nitrogen and oxygen atoms in total. The zero-order valence-corrected chi connectivity index (χ0v) is 7.96. The number of benzene rings is 1. The molecule has 0 atom stereocenters. The Kier molecular flexibility index (Phi) is 3.99. The third kappa shape index (κ3) is 2.77. The molecule has 0 bridgehead atoms. The smallest absolute Gasteiger partial charge is 0.0702 e. The highest BCUT2D eigenvalue weighted by Gasteiger charge is 1.97. The van der Waals surface area contributed by atoms with Crippen molar-refractivity contribution in [3.8, 4) is 11.8 Å². The highest BCUT2D eigenvalue weighted by molar-refractivity contribution is 5.51. The average Bonchev–Trinajstić information content (AvgIpc) is 2.21. The van der Waals surface area contributed by atoms with Crippen LogP contribution in [0.5, 0.6) is 0 Å². The van der Waals surface area contributed by atoms with Crippen LogP contribution in [0.1, 0.15) is 17.5 Å². The van der Waals surface area contributed by atoms with Crippen molar-refractivity contribution < 1.29 is 5.11 Å². The van der Waals surface area contributed by atoms with E-state index in [0.717, 1.165) is 5.56 Å². The maximum absolute atomic E-state index is 8.97. The lowest BCUT2D eigenvalue weighted by atomic mass is 10.1. The van der Waals surface area contributed by atoms with Crippen LogP contribution in [0.25, 0.3) is 0 Å². The van der Waals surface area contributed by atoms with Gasteiger partial charge in [0.1, 0.15) is 0 Å². The molecule has 0 saturated heterocycles. The molecule has 5 N–H and O–H groups in total. The van der Waals surface area contributed by atoms with Gasteiger partial charge in [0, 0.05) is 29.8 Å². The van der Waals surface area contributed by atoms with Gasteiger partial charge >= 0.3 is 0 Å². The zero-order chi connectivity index (χ0) is 10.4. The van der Waals surface area contributed by atoms with Crippen LogP contribution in [0.4, 0.5) is 5.69 Å². The van der Waals surface area contributed by atoms with E-state index in [9.17, 15) is 0 Å². The second kappa shape index (κ2) is 5.28. The quantitative estimate of drug-likeness (QED) is 0.468. The number of nitrogens with two attached hydrogens (primary N) is 2. The Morgan fingerprint density at radius 3 is 2.79 bits per heavy atom. The Labute approximate surface area is 83.7 Å². The van der Waals surface area contributed by atoms with Crippen molar-refractivity contribution in [3.63, 3.8) is 0 Å². The number of aliphatic hydroxyl groups is 1. The lowest BCUT2D eigenvalue weighted by Crippen LogP contribution is -1.96. The van der Waals surface area contributed by atoms with E-state index in [4.69, 9.17) is 16.6 Å². The summed E-state index contributed by atoms with van der Waals surface area (Å²) in [6.45, 7) is 0.507. The van der Waals surface area contributed by atoms with Crippen LogP contribution in [0.2, 0.25) is 0 Å². The van der Waals surface area contributed by atoms with Crippen molar-refractivity contribution in [1.29, 1.82) is 0 Å². The van der Waals surface area contributed by atoms with Crippen LogP contribution in [-0.2, 0) is 6.61 Å². The number of aliphatic hydroxyl groups excluding tert-OH is 1. The monoisotopic (exact) mass is 190 g/mol. The van der Waals surface area contributed by atoms with E-state index in [2.05, 4.69) is 11.8 Å². The van der Waals surface area contributed by atoms with Crippen LogP contribution in [0, 0.1) is 11.8 Å². The molecule has 1 rings (SSSR count). The summed E-state index contributed by atoms with van der Waals surface area (Å²) in [6.07, 6.45) is 0.679. The van der Waals surface area contributed by atoms with Crippen molar-refractivity contribution in [2.45, 2.75) is 13.0 Å². The van der Waals surface area contributed by atoms with Gasteiger partial charge < -0.3 is 16.6 Å². The molecule has 0 heterocycles. The molecule has 1 aromatic rings. The molecular formula is C11H14N2O. The van der Waals surface area contributed by atoms with Gasteiger partial charge in [0.15, 0.2) is 0 Å². The molecule has 14 heavy (non-hydrogen) atoms. The van der Waals surface area contributed by atoms with Crippen molar-refractivity contribution in [3.05, 3.63) is 29.3 Å². The third-order valence-corrected chi connectivity index (χ3v) is 1.82. The molecule has 0 amide bonds. The largest absolute Gasteiger partial charge is 0.398 e. The maximum atomic E-state index is 8.97. The van der Waals surface area contributed by atoms with E-state index in [1.807, 2.05) is 6.07 Å². The first-order valence-electron chi connectivity index (χ1n) is 4.46. The highest BCUT2D eigenvalue weighted by Crippen LogP contribution is 2.13. The topological polar surface area (TPSA) is 72.3 Å². The van der Waals surface area contributed by atoms with Crippen LogP contribution in [0.15, 0.2) is 18.2 Å². The van der Waals surface area contributed by atoms with Gasteiger partial charge in [-0.05, 0) is 18.2 Å². The average molecular weight is 190 g/mol. The summed E-state index contributed by atoms with van der Waals surface area (Å²) in [6, 6.07) is 5.37. The van der Waals surface area contributed by atoms with Gasteiger partial charge in [-0.1, -0.05) is 11.8 Å². The maximum Gasteiger partial charge on any atom is 0.0702 e. The predicted molar refractivity (Wildman–Crippen MR) is 57.3 cm³/mol. The van der Waals surface area contributed by atoms with Crippen molar-refractivity contribution in [2.24, 2.45) is 5.73 Å². The van der Waals surface area contributed by atoms with Crippen LogP contribution >= 0.6 is 0 Å². The molecule has 0 fully saturated rings. The minimum atomic E-state index is -0.0573. The standard InChI is InChI=1S/C11H14N2O/c12-6-2-1-3-9-4-5-11(13)10(7-9)8-14/h4-5,7,14H,2,6,8,12-13H2. The molecule has 0 radical (unpaired) electrons. The zero-order valence-electron chi connectivity index (χ0n) is 7.96. The first-order valence-corrected chi connectivity index (χ1v) is 4.46. The molecule has 0 aliphatic heterocycles. The summed E-state index contributed by atoms with van der Waals surface area (Å²) >= 11 is 0. The molecule has 0 saturated carbocycles. The summed E-state index contributed by atoms with van der Waals surface area (Å²) in [7, 11) is 0. The Balaban J connectivity index is 2.86. The number of hydrogen-bond donors (Lipinski definition) is 3. The van der Waals surface area contributed by atoms with E-state index in [-0.39, 0.29) is 6.61 Å². The van der Waals surface area contributed by atoms with E-state index in [1.165, 1.54) is 0 Å². The van der Waals surface area contributed by atoms with Crippen LogP contribution < -0.4 is 11.5 Å². The van der Waals surface area contributed by atoms with Gasteiger partial charge in [-0.15, -0.1) is 0 Å². The molecule has 0 spiro atoms. The highest BCUT2D eigenvalue weighted by atomic mass is 16.3. The molecule has 0 aliphatic carbocycles. The molecule has 0 aromatic heterocycles. The first kappa shape index (κ1) is 10.6.